The molecule has 0 radical (unpaired) electrons. The molecule has 0 unspecified atom stereocenters. The van der Waals surface area contributed by atoms with E-state index in [2.05, 4.69) is 113 Å². The molecular formula is C12H38Cl2N6P2Pd+2. The molecule has 0 bridgehead atoms. The summed E-state index contributed by atoms with van der Waals surface area (Å²) in [5.74, 6) is 0. The topological polar surface area (TPSA) is 19.4 Å². The Morgan fingerprint density at radius 1 is 0.435 bits per heavy atom. The van der Waals surface area contributed by atoms with Crippen molar-refractivity contribution in [3.8, 4) is 0 Å². The maximum absolute atomic E-state index is 4.81. The zero-order valence-corrected chi connectivity index (χ0v) is 21.8. The molecule has 0 heterocycles. The standard InChI is InChI=1S/2C6H18N3P.2ClH.Pd/c2*1-7(2)10(8(3)4)9(5)6;;;/h2*1-6H3;2*1H;/q;;;;+2. The van der Waals surface area contributed by atoms with Gasteiger partial charge in [-0.05, 0) is 0 Å². The van der Waals surface area contributed by atoms with E-state index in [1.165, 1.54) is 0 Å². The van der Waals surface area contributed by atoms with Crippen molar-refractivity contribution in [3.05, 3.63) is 0 Å². The molecule has 0 saturated heterocycles. The van der Waals surface area contributed by atoms with Gasteiger partial charge >= 0.3 is 35.0 Å². The molecule has 0 aliphatic carbocycles. The van der Waals surface area contributed by atoms with E-state index in [1.54, 1.807) is 0 Å². The Bertz CT molecular complexity index is 200. The molecule has 0 spiro atoms. The molecule has 0 aromatic carbocycles. The fourth-order valence-corrected chi connectivity index (χ4v) is 7.20. The molecule has 0 saturated carbocycles. The van der Waals surface area contributed by atoms with Crippen LogP contribution in [0.25, 0.3) is 0 Å². The van der Waals surface area contributed by atoms with Gasteiger partial charge in [0.25, 0.3) is 0 Å². The van der Waals surface area contributed by atoms with Crippen molar-refractivity contribution in [3.63, 3.8) is 0 Å². The minimum atomic E-state index is -0.596. The van der Waals surface area contributed by atoms with Gasteiger partial charge in [-0.15, -0.1) is 0 Å². The van der Waals surface area contributed by atoms with Crippen molar-refractivity contribution in [2.24, 2.45) is 0 Å². The first-order chi connectivity index (χ1) is 10.3. The van der Waals surface area contributed by atoms with Crippen molar-refractivity contribution >= 4 is 35.8 Å². The summed E-state index contributed by atoms with van der Waals surface area (Å²) >= 11 is -0.106. The predicted octanol–water partition coefficient (Wildman–Crippen LogP) is 2.64. The quantitative estimate of drug-likeness (QED) is 0.406. The monoisotopic (exact) mass is 504 g/mol. The summed E-state index contributed by atoms with van der Waals surface area (Å²) in [7, 11) is 33.9. The Hall–Kier alpha value is 1.86. The summed E-state index contributed by atoms with van der Waals surface area (Å²) < 4.78 is 13.6. The molecule has 0 amide bonds. The number of hydrogen-bond donors (Lipinski definition) is 0. The average molecular weight is 506 g/mol. The van der Waals surface area contributed by atoms with E-state index in [-0.39, 0.29) is 15.9 Å². The van der Waals surface area contributed by atoms with E-state index >= 15 is 0 Å². The second-order valence-corrected chi connectivity index (χ2v) is 14.9. The number of hydrogen-bond acceptors (Lipinski definition) is 6. The van der Waals surface area contributed by atoms with Crippen LogP contribution in [0.3, 0.4) is 0 Å². The first-order valence-electron chi connectivity index (χ1n) is 6.95. The van der Waals surface area contributed by atoms with Gasteiger partial charge in [0.05, 0.1) is 0 Å². The molecule has 23 heavy (non-hydrogen) atoms. The number of rotatable bonds is 6. The third-order valence-electron chi connectivity index (χ3n) is 2.40. The van der Waals surface area contributed by atoms with Crippen molar-refractivity contribution in [1.82, 2.24) is 28.0 Å². The molecule has 0 aromatic heterocycles. The van der Waals surface area contributed by atoms with Crippen LogP contribution < -0.4 is 0 Å². The van der Waals surface area contributed by atoms with Crippen LogP contribution in [-0.2, 0) is 15.9 Å². The zero-order valence-electron chi connectivity index (χ0n) is 16.8. The fourth-order valence-electron chi connectivity index (χ4n) is 2.40. The van der Waals surface area contributed by atoms with Crippen LogP contribution in [0, 0.1) is 0 Å². The van der Waals surface area contributed by atoms with Crippen LogP contribution in [0.1, 0.15) is 0 Å². The molecule has 148 valence electrons. The second-order valence-electron chi connectivity index (χ2n) is 6.01. The van der Waals surface area contributed by atoms with Crippen molar-refractivity contribution < 1.29 is 15.9 Å². The number of nitrogens with zero attached hydrogens (tertiary/aromatic N) is 6. The fraction of sp³-hybridized carbons (Fsp3) is 1.00. The van der Waals surface area contributed by atoms with Gasteiger partial charge in [-0.25, -0.2) is 0 Å². The van der Waals surface area contributed by atoms with Gasteiger partial charge in [0.2, 0.25) is 16.7 Å². The third-order valence-corrected chi connectivity index (χ3v) is 7.20. The van der Waals surface area contributed by atoms with E-state index in [4.69, 9.17) is 19.1 Å². The van der Waals surface area contributed by atoms with Crippen LogP contribution in [0.4, 0.5) is 0 Å². The van der Waals surface area contributed by atoms with E-state index in [0.717, 1.165) is 0 Å². The Balaban J connectivity index is -0.000000297. The van der Waals surface area contributed by atoms with Crippen LogP contribution in [0.15, 0.2) is 0 Å². The normalized spacial score (nSPS) is 11.9. The van der Waals surface area contributed by atoms with Crippen molar-refractivity contribution in [1.29, 1.82) is 0 Å². The van der Waals surface area contributed by atoms with Crippen LogP contribution in [0.2, 0.25) is 0 Å². The zero-order chi connectivity index (χ0) is 19.3. The van der Waals surface area contributed by atoms with Gasteiger partial charge in [0, 0.05) is 84.6 Å². The third kappa shape index (κ3) is 17.1. The predicted molar refractivity (Wildman–Crippen MR) is 110 cm³/mol. The SMILES string of the molecule is CN(C)[PH+](N(C)C)N(C)C.CN(C)[PH+](N(C)C)N(C)C.[Cl][Pd][Cl]. The van der Waals surface area contributed by atoms with Gasteiger partial charge in [0.1, 0.15) is 0 Å². The summed E-state index contributed by atoms with van der Waals surface area (Å²) in [6, 6.07) is 0. The summed E-state index contributed by atoms with van der Waals surface area (Å²) in [6.45, 7) is 0. The molecule has 0 aliphatic heterocycles. The molecule has 0 rings (SSSR count). The van der Waals surface area contributed by atoms with E-state index in [1.807, 2.05) is 0 Å². The Kier molecular flexibility index (Phi) is 22.3. The molecule has 0 fully saturated rings. The molecule has 0 N–H and O–H groups in total. The van der Waals surface area contributed by atoms with Gasteiger partial charge in [0.15, 0.2) is 0 Å². The Morgan fingerprint density at radius 2 is 0.522 bits per heavy atom. The van der Waals surface area contributed by atoms with E-state index < -0.39 is 16.7 Å². The molecular weight excluding hydrogens is 467 g/mol. The maximum atomic E-state index is 4.81. The van der Waals surface area contributed by atoms with Gasteiger partial charge in [-0.2, -0.15) is 28.0 Å². The Morgan fingerprint density at radius 3 is 0.522 bits per heavy atom. The minimum absolute atomic E-state index is 0.106. The van der Waals surface area contributed by atoms with E-state index in [0.29, 0.717) is 0 Å². The molecule has 0 aliphatic rings. The van der Waals surface area contributed by atoms with Gasteiger partial charge in [-0.1, -0.05) is 0 Å². The van der Waals surface area contributed by atoms with Crippen molar-refractivity contribution in [2.75, 3.05) is 84.6 Å². The van der Waals surface area contributed by atoms with Crippen LogP contribution in [0.5, 0.6) is 0 Å². The summed E-state index contributed by atoms with van der Waals surface area (Å²) in [5, 5.41) is 0. The molecule has 11 heteroatoms. The average Bonchev–Trinajstić information content (AvgIpc) is 2.26. The van der Waals surface area contributed by atoms with Gasteiger partial charge < -0.3 is 0 Å². The second kappa shape index (κ2) is 17.3. The summed E-state index contributed by atoms with van der Waals surface area (Å²) in [5.41, 5.74) is 0. The number of halogens is 2. The molecule has 6 nitrogen and oxygen atoms in total. The van der Waals surface area contributed by atoms with Crippen LogP contribution in [-0.4, -0.2) is 113 Å². The van der Waals surface area contributed by atoms with E-state index in [9.17, 15) is 0 Å². The van der Waals surface area contributed by atoms with Crippen LogP contribution >= 0.6 is 35.8 Å². The first kappa shape index (κ1) is 29.6. The first-order valence-corrected chi connectivity index (χ1v) is 13.6. The van der Waals surface area contributed by atoms with Crippen molar-refractivity contribution in [2.45, 2.75) is 0 Å². The Labute approximate surface area is 164 Å². The molecule has 0 aromatic rings. The summed E-state index contributed by atoms with van der Waals surface area (Å²) in [6.07, 6.45) is 0. The van der Waals surface area contributed by atoms with Gasteiger partial charge in [-0.3, -0.25) is 0 Å². The summed E-state index contributed by atoms with van der Waals surface area (Å²) in [4.78, 5) is 0. The molecule has 0 atom stereocenters.